The van der Waals surface area contributed by atoms with Crippen LogP contribution in [-0.2, 0) is 19.0 Å². The fourth-order valence-corrected chi connectivity index (χ4v) is 3.12. The molecule has 0 aromatic heterocycles. The van der Waals surface area contributed by atoms with Gasteiger partial charge in [-0.15, -0.1) is 0 Å². The van der Waals surface area contributed by atoms with Gasteiger partial charge in [-0.25, -0.2) is 0 Å². The Bertz CT molecular complexity index is 319. The molecule has 0 unspecified atom stereocenters. The molecule has 1 amide bonds. The summed E-state index contributed by atoms with van der Waals surface area (Å²) in [6.45, 7) is 6.63. The third kappa shape index (κ3) is 5.21. The monoisotopic (exact) mass is 300 g/mol. The van der Waals surface area contributed by atoms with E-state index < -0.39 is 0 Å². The highest BCUT2D eigenvalue weighted by molar-refractivity contribution is 5.79. The van der Waals surface area contributed by atoms with E-state index in [1.54, 1.807) is 7.11 Å². The summed E-state index contributed by atoms with van der Waals surface area (Å²) in [5.74, 6) is 0.289. The standard InChI is InChI=1S/C15H28N2O4/c1-19-8-9-21-11-10-20-7-6-17-13-15(12-14(17)18)2-4-16-5-3-15/h16H,2-13H2,1H3. The normalized spacial score (nSPS) is 21.4. The molecule has 2 rings (SSSR count). The third-order valence-corrected chi connectivity index (χ3v) is 4.38. The summed E-state index contributed by atoms with van der Waals surface area (Å²) in [7, 11) is 1.65. The average molecular weight is 300 g/mol. The van der Waals surface area contributed by atoms with Gasteiger partial charge in [0.25, 0.3) is 0 Å². The Morgan fingerprint density at radius 3 is 2.48 bits per heavy atom. The molecule has 0 radical (unpaired) electrons. The molecule has 0 saturated carbocycles. The maximum atomic E-state index is 12.1. The number of likely N-dealkylation sites (tertiary alicyclic amines) is 1. The van der Waals surface area contributed by atoms with Gasteiger partial charge in [0.1, 0.15) is 0 Å². The molecule has 0 aromatic carbocycles. The zero-order chi connectivity index (χ0) is 15.0. The SMILES string of the molecule is COCCOCCOCCN1CC2(CCNCC2)CC1=O. The van der Waals surface area contributed by atoms with Crippen LogP contribution in [0.2, 0.25) is 0 Å². The molecule has 6 heteroatoms. The molecule has 6 nitrogen and oxygen atoms in total. The van der Waals surface area contributed by atoms with E-state index in [0.717, 1.165) is 38.9 Å². The number of ether oxygens (including phenoxy) is 3. The lowest BCUT2D eigenvalue weighted by molar-refractivity contribution is -0.128. The summed E-state index contributed by atoms with van der Waals surface area (Å²) >= 11 is 0. The van der Waals surface area contributed by atoms with Crippen LogP contribution in [0.4, 0.5) is 0 Å². The van der Waals surface area contributed by atoms with Crippen LogP contribution < -0.4 is 5.32 Å². The molecule has 21 heavy (non-hydrogen) atoms. The van der Waals surface area contributed by atoms with Gasteiger partial charge < -0.3 is 24.4 Å². The highest BCUT2D eigenvalue weighted by Crippen LogP contribution is 2.38. The summed E-state index contributed by atoms with van der Waals surface area (Å²) in [6, 6.07) is 0. The summed E-state index contributed by atoms with van der Waals surface area (Å²) in [4.78, 5) is 14.1. The van der Waals surface area contributed by atoms with Crippen molar-refractivity contribution in [2.75, 3.05) is 66.3 Å². The molecule has 2 fully saturated rings. The Labute approximate surface area is 127 Å². The van der Waals surface area contributed by atoms with Gasteiger partial charge in [-0.05, 0) is 31.3 Å². The number of piperidine rings is 1. The van der Waals surface area contributed by atoms with Crippen molar-refractivity contribution in [2.45, 2.75) is 19.3 Å². The quantitative estimate of drug-likeness (QED) is 0.619. The summed E-state index contributed by atoms with van der Waals surface area (Å²) in [5, 5.41) is 3.37. The Balaban J connectivity index is 1.55. The molecular weight excluding hydrogens is 272 g/mol. The van der Waals surface area contributed by atoms with E-state index in [-0.39, 0.29) is 11.3 Å². The van der Waals surface area contributed by atoms with Crippen LogP contribution in [0, 0.1) is 5.41 Å². The lowest BCUT2D eigenvalue weighted by Gasteiger charge is -2.33. The molecule has 1 N–H and O–H groups in total. The van der Waals surface area contributed by atoms with Crippen LogP contribution in [0.15, 0.2) is 0 Å². The molecule has 2 aliphatic rings. The fraction of sp³-hybridized carbons (Fsp3) is 0.933. The lowest BCUT2D eigenvalue weighted by atomic mass is 9.78. The molecular formula is C15H28N2O4. The first kappa shape index (κ1) is 16.7. The minimum Gasteiger partial charge on any atom is -0.382 e. The summed E-state index contributed by atoms with van der Waals surface area (Å²) in [5.41, 5.74) is 0.228. The molecule has 122 valence electrons. The molecule has 1 spiro atoms. The Morgan fingerprint density at radius 2 is 1.76 bits per heavy atom. The van der Waals surface area contributed by atoms with Crippen molar-refractivity contribution in [3.05, 3.63) is 0 Å². The molecule has 0 bridgehead atoms. The van der Waals surface area contributed by atoms with Crippen LogP contribution in [0.1, 0.15) is 19.3 Å². The van der Waals surface area contributed by atoms with Crippen molar-refractivity contribution in [2.24, 2.45) is 5.41 Å². The number of carbonyl (C=O) groups is 1. The molecule has 0 atom stereocenters. The average Bonchev–Trinajstić information content (AvgIpc) is 2.78. The van der Waals surface area contributed by atoms with E-state index in [2.05, 4.69) is 5.32 Å². The predicted molar refractivity (Wildman–Crippen MR) is 79.2 cm³/mol. The second-order valence-electron chi connectivity index (χ2n) is 5.96. The third-order valence-electron chi connectivity index (χ3n) is 4.38. The molecule has 2 saturated heterocycles. The van der Waals surface area contributed by atoms with Crippen molar-refractivity contribution in [1.82, 2.24) is 10.2 Å². The predicted octanol–water partition coefficient (Wildman–Crippen LogP) is 0.268. The van der Waals surface area contributed by atoms with Gasteiger partial charge in [0, 0.05) is 26.6 Å². The van der Waals surface area contributed by atoms with Crippen LogP contribution in [0.5, 0.6) is 0 Å². The number of amides is 1. The number of nitrogens with zero attached hydrogens (tertiary/aromatic N) is 1. The Morgan fingerprint density at radius 1 is 1.10 bits per heavy atom. The van der Waals surface area contributed by atoms with Crippen LogP contribution in [-0.4, -0.2) is 77.1 Å². The van der Waals surface area contributed by atoms with Gasteiger partial charge in [0.05, 0.1) is 33.0 Å². The number of rotatable bonds is 9. The first-order valence-corrected chi connectivity index (χ1v) is 7.89. The minimum atomic E-state index is 0.228. The molecule has 0 aromatic rings. The second-order valence-corrected chi connectivity index (χ2v) is 5.96. The molecule has 0 aliphatic carbocycles. The maximum absolute atomic E-state index is 12.1. The topological polar surface area (TPSA) is 60.0 Å². The van der Waals surface area contributed by atoms with Gasteiger partial charge in [-0.1, -0.05) is 0 Å². The number of hydrogen-bond donors (Lipinski definition) is 1. The van der Waals surface area contributed by atoms with Gasteiger partial charge in [0.2, 0.25) is 5.91 Å². The number of hydrogen-bond acceptors (Lipinski definition) is 5. The summed E-state index contributed by atoms with van der Waals surface area (Å²) < 4.78 is 15.7. The largest absolute Gasteiger partial charge is 0.382 e. The molecule has 2 heterocycles. The van der Waals surface area contributed by atoms with E-state index in [4.69, 9.17) is 14.2 Å². The first-order valence-electron chi connectivity index (χ1n) is 7.89. The molecule has 2 aliphatic heterocycles. The first-order chi connectivity index (χ1) is 10.3. The van der Waals surface area contributed by atoms with Gasteiger partial charge in [-0.2, -0.15) is 0 Å². The number of carbonyl (C=O) groups excluding carboxylic acids is 1. The maximum Gasteiger partial charge on any atom is 0.223 e. The minimum absolute atomic E-state index is 0.228. The van der Waals surface area contributed by atoms with Gasteiger partial charge in [0.15, 0.2) is 0 Å². The Hall–Kier alpha value is -0.690. The van der Waals surface area contributed by atoms with Crippen LogP contribution in [0.25, 0.3) is 0 Å². The second kappa shape index (κ2) is 8.68. The van der Waals surface area contributed by atoms with E-state index in [9.17, 15) is 4.79 Å². The van der Waals surface area contributed by atoms with Crippen molar-refractivity contribution in [3.8, 4) is 0 Å². The van der Waals surface area contributed by atoms with Crippen molar-refractivity contribution < 1.29 is 19.0 Å². The van der Waals surface area contributed by atoms with Gasteiger partial charge >= 0.3 is 0 Å². The van der Waals surface area contributed by atoms with Crippen molar-refractivity contribution in [3.63, 3.8) is 0 Å². The van der Waals surface area contributed by atoms with E-state index in [0.29, 0.717) is 39.6 Å². The highest BCUT2D eigenvalue weighted by Gasteiger charge is 2.43. The van der Waals surface area contributed by atoms with E-state index in [1.807, 2.05) is 4.90 Å². The van der Waals surface area contributed by atoms with Crippen LogP contribution in [0.3, 0.4) is 0 Å². The number of methoxy groups -OCH3 is 1. The number of nitrogens with one attached hydrogen (secondary N) is 1. The van der Waals surface area contributed by atoms with Crippen LogP contribution >= 0.6 is 0 Å². The zero-order valence-electron chi connectivity index (χ0n) is 13.1. The van der Waals surface area contributed by atoms with Crippen molar-refractivity contribution in [1.29, 1.82) is 0 Å². The lowest BCUT2D eigenvalue weighted by Crippen LogP contribution is -2.39. The summed E-state index contributed by atoms with van der Waals surface area (Å²) in [6.07, 6.45) is 2.95. The highest BCUT2D eigenvalue weighted by atomic mass is 16.5. The zero-order valence-corrected chi connectivity index (χ0v) is 13.1. The smallest absolute Gasteiger partial charge is 0.223 e. The van der Waals surface area contributed by atoms with Gasteiger partial charge in [-0.3, -0.25) is 4.79 Å². The fourth-order valence-electron chi connectivity index (χ4n) is 3.12. The van der Waals surface area contributed by atoms with E-state index in [1.165, 1.54) is 0 Å². The van der Waals surface area contributed by atoms with E-state index >= 15 is 0 Å². The van der Waals surface area contributed by atoms with Crippen molar-refractivity contribution >= 4 is 5.91 Å². The Kier molecular flexibility index (Phi) is 6.89.